The molecule has 1 aliphatic heterocycles. The fourth-order valence-electron chi connectivity index (χ4n) is 3.50. The van der Waals surface area contributed by atoms with Crippen LogP contribution in [-0.2, 0) is 9.53 Å². The Morgan fingerprint density at radius 2 is 2.00 bits per heavy atom. The highest BCUT2D eigenvalue weighted by Gasteiger charge is 2.27. The Labute approximate surface area is 159 Å². The van der Waals surface area contributed by atoms with E-state index in [-0.39, 0.29) is 11.9 Å². The summed E-state index contributed by atoms with van der Waals surface area (Å²) in [7, 11) is 0. The maximum atomic E-state index is 12.0. The van der Waals surface area contributed by atoms with Crippen LogP contribution < -0.4 is 4.90 Å². The number of nitriles is 1. The number of esters is 1. The van der Waals surface area contributed by atoms with Crippen LogP contribution in [-0.4, -0.2) is 35.6 Å². The molecule has 1 aromatic heterocycles. The van der Waals surface area contributed by atoms with Crippen LogP contribution >= 0.6 is 0 Å². The van der Waals surface area contributed by atoms with Crippen LogP contribution in [0, 0.1) is 31.1 Å². The first kappa shape index (κ1) is 18.8. The molecule has 2 aromatic rings. The Morgan fingerprint density at radius 1 is 1.26 bits per heavy atom. The van der Waals surface area contributed by atoms with Gasteiger partial charge in [0.1, 0.15) is 6.07 Å². The van der Waals surface area contributed by atoms with Crippen molar-refractivity contribution in [3.63, 3.8) is 0 Å². The minimum atomic E-state index is -0.103. The molecule has 27 heavy (non-hydrogen) atoms. The number of hydrogen-bond donors (Lipinski definition) is 0. The lowest BCUT2D eigenvalue weighted by Crippen LogP contribution is -2.39. The fourth-order valence-corrected chi connectivity index (χ4v) is 3.50. The number of nitrogens with zero attached hydrogens (tertiary/aromatic N) is 4. The van der Waals surface area contributed by atoms with Gasteiger partial charge in [0.05, 0.1) is 29.6 Å². The standard InChI is InChI=1S/C21H24N4O2/c1-4-27-21(26)17-6-5-11-25(13-17)18-9-7-16(8-10-18)20-15(3)23-14(2)19(12-22)24-20/h7-10,17H,4-6,11,13H2,1-3H3/t17-/m1/s1. The SMILES string of the molecule is CCOC(=O)[C@@H]1CCCN(c2ccc(-c3nc(C#N)c(C)nc3C)cc2)C1. The van der Waals surface area contributed by atoms with Crippen molar-refractivity contribution in [3.05, 3.63) is 41.3 Å². The van der Waals surface area contributed by atoms with Gasteiger partial charge in [-0.15, -0.1) is 0 Å². The lowest BCUT2D eigenvalue weighted by molar-refractivity contribution is -0.148. The zero-order valence-electron chi connectivity index (χ0n) is 16.0. The lowest BCUT2D eigenvalue weighted by atomic mass is 9.97. The number of aromatic nitrogens is 2. The number of carbonyl (C=O) groups is 1. The molecule has 1 aliphatic rings. The Kier molecular flexibility index (Phi) is 5.70. The van der Waals surface area contributed by atoms with Gasteiger partial charge in [0, 0.05) is 24.3 Å². The van der Waals surface area contributed by atoms with Gasteiger partial charge < -0.3 is 9.64 Å². The molecule has 0 saturated carbocycles. The molecule has 1 saturated heterocycles. The van der Waals surface area contributed by atoms with Crippen molar-refractivity contribution in [1.29, 1.82) is 5.26 Å². The first-order valence-electron chi connectivity index (χ1n) is 9.30. The second kappa shape index (κ2) is 8.17. The van der Waals surface area contributed by atoms with Gasteiger partial charge >= 0.3 is 5.97 Å². The van der Waals surface area contributed by atoms with E-state index >= 15 is 0 Å². The number of carbonyl (C=O) groups excluding carboxylic acids is 1. The smallest absolute Gasteiger partial charge is 0.310 e. The topological polar surface area (TPSA) is 79.1 Å². The number of aryl methyl sites for hydroxylation is 2. The highest BCUT2D eigenvalue weighted by Crippen LogP contribution is 2.27. The van der Waals surface area contributed by atoms with Gasteiger partial charge in [-0.3, -0.25) is 9.78 Å². The van der Waals surface area contributed by atoms with Crippen molar-refractivity contribution in [2.24, 2.45) is 5.92 Å². The molecule has 1 atom stereocenters. The zero-order valence-corrected chi connectivity index (χ0v) is 16.0. The average molecular weight is 364 g/mol. The van der Waals surface area contributed by atoms with Crippen molar-refractivity contribution in [1.82, 2.24) is 9.97 Å². The fraction of sp³-hybridized carbons (Fsp3) is 0.429. The van der Waals surface area contributed by atoms with Crippen molar-refractivity contribution in [3.8, 4) is 17.3 Å². The van der Waals surface area contributed by atoms with E-state index in [2.05, 4.69) is 20.9 Å². The van der Waals surface area contributed by atoms with Gasteiger partial charge in [-0.05, 0) is 45.7 Å². The van der Waals surface area contributed by atoms with Crippen LogP contribution in [0.15, 0.2) is 24.3 Å². The van der Waals surface area contributed by atoms with E-state index in [9.17, 15) is 10.1 Å². The van der Waals surface area contributed by atoms with Gasteiger partial charge in [0.25, 0.3) is 0 Å². The number of rotatable bonds is 4. The Balaban J connectivity index is 1.80. The third-order valence-electron chi connectivity index (χ3n) is 4.90. The predicted octanol–water partition coefficient (Wildman–Crippen LogP) is 3.41. The normalized spacial score (nSPS) is 16.7. The van der Waals surface area contributed by atoms with Crippen molar-refractivity contribution in [2.75, 3.05) is 24.6 Å². The molecule has 2 heterocycles. The summed E-state index contributed by atoms with van der Waals surface area (Å²) < 4.78 is 5.18. The highest BCUT2D eigenvalue weighted by atomic mass is 16.5. The second-order valence-electron chi connectivity index (χ2n) is 6.79. The number of ether oxygens (including phenoxy) is 1. The molecule has 140 valence electrons. The van der Waals surface area contributed by atoms with E-state index in [0.29, 0.717) is 24.5 Å². The van der Waals surface area contributed by atoms with Crippen LogP contribution in [0.5, 0.6) is 0 Å². The van der Waals surface area contributed by atoms with Crippen LogP contribution in [0.25, 0.3) is 11.3 Å². The first-order chi connectivity index (χ1) is 13.0. The van der Waals surface area contributed by atoms with E-state index in [1.165, 1.54) is 0 Å². The predicted molar refractivity (Wildman–Crippen MR) is 103 cm³/mol. The van der Waals surface area contributed by atoms with Crippen molar-refractivity contribution in [2.45, 2.75) is 33.6 Å². The lowest BCUT2D eigenvalue weighted by Gasteiger charge is -2.33. The third-order valence-corrected chi connectivity index (χ3v) is 4.90. The average Bonchev–Trinajstić information content (AvgIpc) is 2.69. The molecule has 0 spiro atoms. The van der Waals surface area contributed by atoms with Crippen LogP contribution in [0.3, 0.4) is 0 Å². The van der Waals surface area contributed by atoms with Gasteiger partial charge in [-0.25, -0.2) is 4.98 Å². The molecule has 6 nitrogen and oxygen atoms in total. The second-order valence-corrected chi connectivity index (χ2v) is 6.79. The minimum absolute atomic E-state index is 0.0678. The van der Waals surface area contributed by atoms with Gasteiger partial charge in [-0.1, -0.05) is 12.1 Å². The molecule has 6 heteroatoms. The summed E-state index contributed by atoms with van der Waals surface area (Å²) >= 11 is 0. The number of benzene rings is 1. The van der Waals surface area contributed by atoms with Crippen LogP contribution in [0.4, 0.5) is 5.69 Å². The molecule has 0 unspecified atom stereocenters. The van der Waals surface area contributed by atoms with Crippen molar-refractivity contribution >= 4 is 11.7 Å². The van der Waals surface area contributed by atoms with E-state index in [1.54, 1.807) is 6.92 Å². The van der Waals surface area contributed by atoms with Gasteiger partial charge in [0.2, 0.25) is 0 Å². The molecular weight excluding hydrogens is 340 g/mol. The summed E-state index contributed by atoms with van der Waals surface area (Å²) in [5.74, 6) is -0.171. The maximum Gasteiger partial charge on any atom is 0.310 e. The number of piperidine rings is 1. The van der Waals surface area contributed by atoms with Gasteiger partial charge in [0.15, 0.2) is 5.69 Å². The zero-order chi connectivity index (χ0) is 19.4. The molecule has 0 radical (unpaired) electrons. The monoisotopic (exact) mass is 364 g/mol. The quantitative estimate of drug-likeness (QED) is 0.774. The molecule has 1 aromatic carbocycles. The number of anilines is 1. The van der Waals surface area contributed by atoms with Crippen molar-refractivity contribution < 1.29 is 9.53 Å². The largest absolute Gasteiger partial charge is 0.466 e. The molecular formula is C21H24N4O2. The summed E-state index contributed by atoms with van der Waals surface area (Å²) in [4.78, 5) is 23.2. The summed E-state index contributed by atoms with van der Waals surface area (Å²) in [6.07, 6.45) is 1.85. The van der Waals surface area contributed by atoms with Crippen LogP contribution in [0.1, 0.15) is 36.8 Å². The Morgan fingerprint density at radius 3 is 2.67 bits per heavy atom. The van der Waals surface area contributed by atoms with E-state index < -0.39 is 0 Å². The van der Waals surface area contributed by atoms with E-state index in [4.69, 9.17) is 4.74 Å². The molecule has 1 fully saturated rings. The third kappa shape index (κ3) is 4.08. The highest BCUT2D eigenvalue weighted by molar-refractivity contribution is 5.74. The van der Waals surface area contributed by atoms with Gasteiger partial charge in [-0.2, -0.15) is 5.26 Å². The van der Waals surface area contributed by atoms with Crippen LogP contribution in [0.2, 0.25) is 0 Å². The molecule has 0 aliphatic carbocycles. The van der Waals surface area contributed by atoms with E-state index in [1.807, 2.05) is 38.1 Å². The molecule has 3 rings (SSSR count). The molecule has 0 bridgehead atoms. The molecule has 0 N–H and O–H groups in total. The van der Waals surface area contributed by atoms with E-state index in [0.717, 1.165) is 42.0 Å². The summed E-state index contributed by atoms with van der Waals surface area (Å²) in [5.41, 5.74) is 4.54. The summed E-state index contributed by atoms with van der Waals surface area (Å²) in [6, 6.07) is 10.2. The Bertz CT molecular complexity index is 871. The minimum Gasteiger partial charge on any atom is -0.466 e. The summed E-state index contributed by atoms with van der Waals surface area (Å²) in [6.45, 7) is 7.56. The summed E-state index contributed by atoms with van der Waals surface area (Å²) in [5, 5.41) is 9.21. The first-order valence-corrected chi connectivity index (χ1v) is 9.30. The Hall–Kier alpha value is -2.94. The maximum absolute atomic E-state index is 12.0. The number of hydrogen-bond acceptors (Lipinski definition) is 6. The molecule has 0 amide bonds.